The van der Waals surface area contributed by atoms with E-state index in [1.807, 2.05) is 0 Å². The number of carboxylic acid groups (broad SMARTS) is 1. The van der Waals surface area contributed by atoms with Crippen molar-refractivity contribution < 1.29 is 19.4 Å². The summed E-state index contributed by atoms with van der Waals surface area (Å²) in [5.41, 5.74) is -0.538. The van der Waals surface area contributed by atoms with Crippen LogP contribution in [0.2, 0.25) is 0 Å². The summed E-state index contributed by atoms with van der Waals surface area (Å²) in [6, 6.07) is -1.29. The molecule has 6 heteroatoms. The molecule has 0 spiro atoms. The first-order valence-corrected chi connectivity index (χ1v) is 7.08. The quantitative estimate of drug-likeness (QED) is 0.824. The van der Waals surface area contributed by atoms with Gasteiger partial charge in [-0.15, -0.1) is 0 Å². The molecule has 0 aliphatic carbocycles. The number of amides is 2. The van der Waals surface area contributed by atoms with Gasteiger partial charge in [-0.2, -0.15) is 0 Å². The van der Waals surface area contributed by atoms with Crippen LogP contribution < -0.4 is 5.32 Å². The van der Waals surface area contributed by atoms with Crippen LogP contribution in [0, 0.1) is 5.41 Å². The Morgan fingerprint density at radius 2 is 2.05 bits per heavy atom. The van der Waals surface area contributed by atoms with E-state index >= 15 is 0 Å². The first-order valence-electron chi connectivity index (χ1n) is 7.08. The molecule has 20 heavy (non-hydrogen) atoms. The van der Waals surface area contributed by atoms with Gasteiger partial charge in [-0.1, -0.05) is 20.8 Å². The van der Waals surface area contributed by atoms with Crippen LogP contribution in [-0.2, 0) is 9.53 Å². The number of aliphatic carboxylic acids is 1. The van der Waals surface area contributed by atoms with E-state index in [9.17, 15) is 14.7 Å². The average Bonchev–Trinajstić information content (AvgIpc) is 2.34. The van der Waals surface area contributed by atoms with Gasteiger partial charge in [0.1, 0.15) is 6.04 Å². The third kappa shape index (κ3) is 5.00. The van der Waals surface area contributed by atoms with Gasteiger partial charge < -0.3 is 20.1 Å². The summed E-state index contributed by atoms with van der Waals surface area (Å²) in [5, 5.41) is 11.8. The Morgan fingerprint density at radius 1 is 1.40 bits per heavy atom. The Morgan fingerprint density at radius 3 is 2.50 bits per heavy atom. The molecule has 2 amide bonds. The maximum absolute atomic E-state index is 12.1. The van der Waals surface area contributed by atoms with Gasteiger partial charge in [0.2, 0.25) is 0 Å². The Labute approximate surface area is 120 Å². The largest absolute Gasteiger partial charge is 0.480 e. The Balaban J connectivity index is 2.53. The van der Waals surface area contributed by atoms with Gasteiger partial charge in [0, 0.05) is 20.2 Å². The van der Waals surface area contributed by atoms with Crippen molar-refractivity contribution in [3.63, 3.8) is 0 Å². The molecule has 0 bridgehead atoms. The molecule has 0 aromatic carbocycles. The maximum Gasteiger partial charge on any atom is 0.326 e. The van der Waals surface area contributed by atoms with Crippen molar-refractivity contribution in [3.8, 4) is 0 Å². The number of urea groups is 1. The second-order valence-corrected chi connectivity index (χ2v) is 6.46. The van der Waals surface area contributed by atoms with Crippen LogP contribution in [0.1, 0.15) is 40.0 Å². The van der Waals surface area contributed by atoms with Gasteiger partial charge in [-0.25, -0.2) is 9.59 Å². The second kappa shape index (κ2) is 6.92. The molecule has 1 fully saturated rings. The number of nitrogens with zero attached hydrogens (tertiary/aromatic N) is 1. The van der Waals surface area contributed by atoms with Gasteiger partial charge in [-0.3, -0.25) is 0 Å². The number of ether oxygens (including phenoxy) is 1. The van der Waals surface area contributed by atoms with Gasteiger partial charge in [0.05, 0.1) is 6.10 Å². The first-order chi connectivity index (χ1) is 9.21. The molecule has 0 radical (unpaired) electrons. The molecule has 2 N–H and O–H groups in total. The van der Waals surface area contributed by atoms with E-state index in [1.54, 1.807) is 27.8 Å². The summed E-state index contributed by atoms with van der Waals surface area (Å²) < 4.78 is 5.58. The van der Waals surface area contributed by atoms with Crippen molar-refractivity contribution in [2.24, 2.45) is 5.41 Å². The predicted octanol–water partition coefficient (Wildman–Crippen LogP) is 1.70. The van der Waals surface area contributed by atoms with E-state index in [0.29, 0.717) is 6.54 Å². The molecule has 2 atom stereocenters. The van der Waals surface area contributed by atoms with E-state index in [-0.39, 0.29) is 12.1 Å². The number of nitrogens with one attached hydrogen (secondary N) is 1. The van der Waals surface area contributed by atoms with Gasteiger partial charge in [-0.05, 0) is 24.7 Å². The maximum atomic E-state index is 12.1. The number of rotatable bonds is 4. The summed E-state index contributed by atoms with van der Waals surface area (Å²) in [5.74, 6) is -1.02. The fourth-order valence-electron chi connectivity index (χ4n) is 2.22. The number of likely N-dealkylation sites (N-methyl/N-ethyl adjacent to an activating group) is 1. The molecular weight excluding hydrogens is 260 g/mol. The van der Waals surface area contributed by atoms with Gasteiger partial charge >= 0.3 is 12.0 Å². The zero-order valence-electron chi connectivity index (χ0n) is 12.8. The summed E-state index contributed by atoms with van der Waals surface area (Å²) in [6.45, 7) is 6.59. The highest BCUT2D eigenvalue weighted by atomic mass is 16.5. The number of carboxylic acids is 1. The smallest absolute Gasteiger partial charge is 0.326 e. The van der Waals surface area contributed by atoms with Crippen molar-refractivity contribution in [3.05, 3.63) is 0 Å². The van der Waals surface area contributed by atoms with Crippen LogP contribution in [0.5, 0.6) is 0 Å². The normalized spacial score (nSPS) is 21.1. The molecule has 0 saturated carbocycles. The van der Waals surface area contributed by atoms with E-state index in [4.69, 9.17) is 4.74 Å². The highest BCUT2D eigenvalue weighted by Crippen LogP contribution is 2.20. The zero-order valence-corrected chi connectivity index (χ0v) is 12.8. The molecule has 116 valence electrons. The third-order valence-electron chi connectivity index (χ3n) is 3.48. The van der Waals surface area contributed by atoms with Crippen LogP contribution in [0.4, 0.5) is 4.79 Å². The van der Waals surface area contributed by atoms with Gasteiger partial charge in [0.15, 0.2) is 0 Å². The van der Waals surface area contributed by atoms with E-state index in [0.717, 1.165) is 25.9 Å². The van der Waals surface area contributed by atoms with E-state index in [2.05, 4.69) is 5.32 Å². The molecule has 0 aromatic heterocycles. The number of hydrogen-bond donors (Lipinski definition) is 2. The fraction of sp³-hybridized carbons (Fsp3) is 0.857. The topological polar surface area (TPSA) is 78.9 Å². The summed E-state index contributed by atoms with van der Waals surface area (Å²) >= 11 is 0. The van der Waals surface area contributed by atoms with E-state index < -0.39 is 17.4 Å². The van der Waals surface area contributed by atoms with Crippen LogP contribution >= 0.6 is 0 Å². The van der Waals surface area contributed by atoms with Crippen LogP contribution in [-0.4, -0.2) is 54.4 Å². The van der Waals surface area contributed by atoms with Crippen molar-refractivity contribution in [2.75, 3.05) is 20.2 Å². The lowest BCUT2D eigenvalue weighted by atomic mass is 9.87. The summed E-state index contributed by atoms with van der Waals surface area (Å²) in [6.07, 6.45) is 3.17. The monoisotopic (exact) mass is 286 g/mol. The predicted molar refractivity (Wildman–Crippen MR) is 75.6 cm³/mol. The fourth-order valence-corrected chi connectivity index (χ4v) is 2.22. The minimum absolute atomic E-state index is 0.0532. The molecule has 0 aromatic rings. The number of hydrogen-bond acceptors (Lipinski definition) is 3. The standard InChI is InChI=1S/C14H26N2O4/c1-14(2,3)11(12(17)18)15-13(19)16(4)9-10-7-5-6-8-20-10/h10-11H,5-9H2,1-4H3,(H,15,19)(H,17,18)/t10?,11-/m0/s1. The Kier molecular flexibility index (Phi) is 5.80. The Hall–Kier alpha value is -1.30. The van der Waals surface area contributed by atoms with Crippen molar-refractivity contribution in [2.45, 2.75) is 52.2 Å². The van der Waals surface area contributed by atoms with Crippen LogP contribution in [0.3, 0.4) is 0 Å². The zero-order chi connectivity index (χ0) is 15.3. The lowest BCUT2D eigenvalue weighted by Crippen LogP contribution is -2.53. The lowest BCUT2D eigenvalue weighted by molar-refractivity contribution is -0.142. The lowest BCUT2D eigenvalue weighted by Gasteiger charge is -2.31. The molecule has 1 heterocycles. The van der Waals surface area contributed by atoms with Crippen LogP contribution in [0.25, 0.3) is 0 Å². The van der Waals surface area contributed by atoms with Gasteiger partial charge in [0.25, 0.3) is 0 Å². The molecule has 1 aliphatic heterocycles. The Bertz CT molecular complexity index is 346. The molecule has 1 unspecified atom stereocenters. The average molecular weight is 286 g/mol. The van der Waals surface area contributed by atoms with Crippen molar-refractivity contribution in [1.82, 2.24) is 10.2 Å². The molecule has 1 rings (SSSR count). The molecule has 1 aliphatic rings. The molecule has 6 nitrogen and oxygen atoms in total. The third-order valence-corrected chi connectivity index (χ3v) is 3.48. The second-order valence-electron chi connectivity index (χ2n) is 6.46. The highest BCUT2D eigenvalue weighted by molar-refractivity contribution is 5.83. The minimum Gasteiger partial charge on any atom is -0.480 e. The summed E-state index contributed by atoms with van der Waals surface area (Å²) in [7, 11) is 1.66. The van der Waals surface area contributed by atoms with Crippen LogP contribution in [0.15, 0.2) is 0 Å². The molecular formula is C14H26N2O4. The van der Waals surface area contributed by atoms with E-state index in [1.165, 1.54) is 4.90 Å². The SMILES string of the molecule is CN(CC1CCCCO1)C(=O)N[C@@H](C(=O)O)C(C)(C)C. The molecule has 1 saturated heterocycles. The highest BCUT2D eigenvalue weighted by Gasteiger charge is 2.33. The minimum atomic E-state index is -1.02. The number of carbonyl (C=O) groups excluding carboxylic acids is 1. The first kappa shape index (κ1) is 16.8. The van der Waals surface area contributed by atoms with Crippen molar-refractivity contribution in [1.29, 1.82) is 0 Å². The van der Waals surface area contributed by atoms with Crippen molar-refractivity contribution >= 4 is 12.0 Å². The summed E-state index contributed by atoms with van der Waals surface area (Å²) in [4.78, 5) is 24.8. The number of carbonyl (C=O) groups is 2.